The number of halogens is 3. The average molecular weight is 443 g/mol. The second-order valence-corrected chi connectivity index (χ2v) is 8.98. The maximum Gasteiger partial charge on any atom is 0.511 e. The summed E-state index contributed by atoms with van der Waals surface area (Å²) in [4.78, 5) is 11.1. The van der Waals surface area contributed by atoms with Crippen LogP contribution in [0.3, 0.4) is 0 Å². The summed E-state index contributed by atoms with van der Waals surface area (Å²) in [5.74, 6) is 0.917. The van der Waals surface area contributed by atoms with Crippen molar-refractivity contribution in [3.8, 4) is 11.4 Å². The third-order valence-corrected chi connectivity index (χ3v) is 6.70. The topological polar surface area (TPSA) is 102 Å². The number of ether oxygens (including phenoxy) is 1. The van der Waals surface area contributed by atoms with Crippen molar-refractivity contribution in [3.05, 3.63) is 35.5 Å². The van der Waals surface area contributed by atoms with Gasteiger partial charge >= 0.3 is 15.5 Å². The fraction of sp³-hybridized carbons (Fsp3) is 0.444. The monoisotopic (exact) mass is 443 g/mol. The number of morpholine rings is 1. The van der Waals surface area contributed by atoms with E-state index in [1.54, 1.807) is 24.3 Å². The highest BCUT2D eigenvalue weighted by Crippen LogP contribution is 2.34. The van der Waals surface area contributed by atoms with Crippen LogP contribution in [-0.4, -0.2) is 61.0 Å². The number of nitrogens with zero attached hydrogens (tertiary/aromatic N) is 4. The Kier molecular flexibility index (Phi) is 5.32. The van der Waals surface area contributed by atoms with Crippen LogP contribution >= 0.6 is 0 Å². The van der Waals surface area contributed by atoms with E-state index in [2.05, 4.69) is 9.97 Å². The Bertz CT molecular complexity index is 1040. The fourth-order valence-corrected chi connectivity index (χ4v) is 4.45. The molecule has 0 bridgehead atoms. The zero-order valence-corrected chi connectivity index (χ0v) is 16.7. The van der Waals surface area contributed by atoms with Gasteiger partial charge in [0.25, 0.3) is 0 Å². The Morgan fingerprint density at radius 2 is 1.70 bits per heavy atom. The maximum absolute atomic E-state index is 13.0. The van der Waals surface area contributed by atoms with E-state index >= 15 is 0 Å². The number of fused-ring (bicyclic) bond motifs is 1. The van der Waals surface area contributed by atoms with Crippen LogP contribution in [0.15, 0.2) is 24.3 Å². The smallest absolute Gasteiger partial charge is 0.399 e. The molecule has 12 heteroatoms. The van der Waals surface area contributed by atoms with Crippen LogP contribution in [0.25, 0.3) is 11.4 Å². The summed E-state index contributed by atoms with van der Waals surface area (Å²) in [5.41, 5.74) is 2.50. The second kappa shape index (κ2) is 7.67. The number of anilines is 2. The molecule has 0 radical (unpaired) electrons. The largest absolute Gasteiger partial charge is 0.511 e. The molecule has 30 heavy (non-hydrogen) atoms. The summed E-state index contributed by atoms with van der Waals surface area (Å²) in [5, 5.41) is 0. The highest BCUT2D eigenvalue weighted by Gasteiger charge is 2.50. The molecule has 2 aliphatic heterocycles. The van der Waals surface area contributed by atoms with Gasteiger partial charge in [0.1, 0.15) is 5.82 Å². The highest BCUT2D eigenvalue weighted by molar-refractivity contribution is 7.89. The van der Waals surface area contributed by atoms with E-state index in [1.165, 1.54) is 0 Å². The number of alkyl halides is 3. The quantitative estimate of drug-likeness (QED) is 0.722. The van der Waals surface area contributed by atoms with Crippen molar-refractivity contribution < 1.29 is 26.3 Å². The van der Waals surface area contributed by atoms with E-state index in [1.807, 2.05) is 4.90 Å². The van der Waals surface area contributed by atoms with Crippen molar-refractivity contribution in [1.82, 2.24) is 14.3 Å². The molecule has 0 amide bonds. The predicted octanol–water partition coefficient (Wildman–Crippen LogP) is 1.77. The van der Waals surface area contributed by atoms with Crippen molar-refractivity contribution in [2.24, 2.45) is 0 Å². The lowest BCUT2D eigenvalue weighted by atomic mass is 10.1. The van der Waals surface area contributed by atoms with E-state index < -0.39 is 22.1 Å². The fourth-order valence-electron chi connectivity index (χ4n) is 3.54. The summed E-state index contributed by atoms with van der Waals surface area (Å²) in [6, 6.07) is 6.78. The molecule has 1 aromatic carbocycles. The van der Waals surface area contributed by atoms with Crippen LogP contribution in [-0.2, 0) is 27.7 Å². The molecular formula is C18H20F3N5O3S. The first-order chi connectivity index (χ1) is 14.2. The molecular weight excluding hydrogens is 423 g/mol. The van der Waals surface area contributed by atoms with Gasteiger partial charge in [-0.05, 0) is 30.7 Å². The van der Waals surface area contributed by atoms with Crippen molar-refractivity contribution in [1.29, 1.82) is 0 Å². The van der Waals surface area contributed by atoms with Gasteiger partial charge in [0, 0.05) is 36.4 Å². The number of benzene rings is 1. The molecule has 0 atom stereocenters. The van der Waals surface area contributed by atoms with E-state index in [4.69, 9.17) is 10.5 Å². The predicted molar refractivity (Wildman–Crippen MR) is 104 cm³/mol. The molecule has 1 aromatic heterocycles. The zero-order valence-electron chi connectivity index (χ0n) is 15.9. The summed E-state index contributed by atoms with van der Waals surface area (Å²) in [6.45, 7) is 1.43. The summed E-state index contributed by atoms with van der Waals surface area (Å²) >= 11 is 0. The van der Waals surface area contributed by atoms with Gasteiger partial charge < -0.3 is 15.4 Å². The molecule has 3 heterocycles. The lowest BCUT2D eigenvalue weighted by molar-refractivity contribution is -0.0493. The molecule has 0 aliphatic carbocycles. The maximum atomic E-state index is 13.0. The summed E-state index contributed by atoms with van der Waals surface area (Å²) in [6.07, 6.45) is 0.0966. The number of nitrogen functional groups attached to an aromatic ring is 1. The number of nitrogens with two attached hydrogens (primary N) is 1. The van der Waals surface area contributed by atoms with Crippen LogP contribution in [0.2, 0.25) is 0 Å². The lowest BCUT2D eigenvalue weighted by Crippen LogP contribution is -2.44. The van der Waals surface area contributed by atoms with Crippen LogP contribution in [0.5, 0.6) is 0 Å². The van der Waals surface area contributed by atoms with Gasteiger partial charge in [-0.15, -0.1) is 0 Å². The molecule has 1 saturated heterocycles. The van der Waals surface area contributed by atoms with Gasteiger partial charge in [-0.3, -0.25) is 0 Å². The van der Waals surface area contributed by atoms with Crippen LogP contribution in [0.1, 0.15) is 11.3 Å². The first-order valence-corrected chi connectivity index (χ1v) is 10.8. The molecule has 162 valence electrons. The Labute approximate surface area is 171 Å². The third-order valence-electron chi connectivity index (χ3n) is 5.12. The molecule has 2 N–H and O–H groups in total. The normalized spacial score (nSPS) is 18.3. The van der Waals surface area contributed by atoms with Crippen molar-refractivity contribution in [2.75, 3.05) is 43.5 Å². The van der Waals surface area contributed by atoms with Gasteiger partial charge in [-0.25, -0.2) is 18.4 Å². The molecule has 2 aliphatic rings. The molecule has 1 fully saturated rings. The third kappa shape index (κ3) is 3.82. The minimum absolute atomic E-state index is 0.0966. The van der Waals surface area contributed by atoms with Crippen LogP contribution in [0, 0.1) is 0 Å². The average Bonchev–Trinajstić information content (AvgIpc) is 2.73. The van der Waals surface area contributed by atoms with E-state index in [0.29, 0.717) is 59.1 Å². The number of rotatable bonds is 3. The van der Waals surface area contributed by atoms with Crippen molar-refractivity contribution in [2.45, 2.75) is 18.5 Å². The minimum atomic E-state index is -5.44. The molecule has 2 aromatic rings. The standard InChI is InChI=1S/C18H20F3N5O3S/c19-18(20,21)30(27,28)26-6-5-14-15(11-26)23-16(12-1-3-13(22)4-2-12)24-17(14)25-7-9-29-10-8-25/h1-4H,5-11,22H2. The molecule has 4 rings (SSSR count). The number of hydrogen-bond donors (Lipinski definition) is 1. The van der Waals surface area contributed by atoms with Gasteiger partial charge in [0.05, 0.1) is 25.5 Å². The van der Waals surface area contributed by atoms with E-state index in [0.717, 1.165) is 0 Å². The zero-order chi connectivity index (χ0) is 21.5. The Hall–Kier alpha value is -2.44. The van der Waals surface area contributed by atoms with Crippen LogP contribution in [0.4, 0.5) is 24.7 Å². The molecule has 8 nitrogen and oxygen atoms in total. The first-order valence-electron chi connectivity index (χ1n) is 9.31. The summed E-state index contributed by atoms with van der Waals surface area (Å²) < 4.78 is 68.8. The van der Waals surface area contributed by atoms with E-state index in [-0.39, 0.29) is 18.7 Å². The number of aromatic nitrogens is 2. The van der Waals surface area contributed by atoms with Crippen LogP contribution < -0.4 is 10.6 Å². The highest BCUT2D eigenvalue weighted by atomic mass is 32.2. The Balaban J connectivity index is 1.78. The van der Waals surface area contributed by atoms with Crippen molar-refractivity contribution >= 4 is 21.5 Å². The molecule has 0 unspecified atom stereocenters. The second-order valence-electron chi connectivity index (χ2n) is 7.05. The van der Waals surface area contributed by atoms with Gasteiger partial charge in [-0.1, -0.05) is 0 Å². The van der Waals surface area contributed by atoms with Crippen molar-refractivity contribution in [3.63, 3.8) is 0 Å². The Morgan fingerprint density at radius 3 is 2.33 bits per heavy atom. The SMILES string of the molecule is Nc1ccc(-c2nc3c(c(N4CCOCC4)n2)CCN(S(=O)(=O)C(F)(F)F)C3)cc1. The first kappa shape index (κ1) is 20.8. The minimum Gasteiger partial charge on any atom is -0.399 e. The van der Waals surface area contributed by atoms with Gasteiger partial charge in [0.15, 0.2) is 5.82 Å². The number of sulfonamides is 1. The number of hydrogen-bond acceptors (Lipinski definition) is 7. The van der Waals surface area contributed by atoms with E-state index in [9.17, 15) is 21.6 Å². The summed E-state index contributed by atoms with van der Waals surface area (Å²) in [7, 11) is -5.44. The van der Waals surface area contributed by atoms with Gasteiger partial charge in [-0.2, -0.15) is 17.5 Å². The Morgan fingerprint density at radius 1 is 1.03 bits per heavy atom. The molecule has 0 saturated carbocycles. The van der Waals surface area contributed by atoms with Gasteiger partial charge in [0.2, 0.25) is 0 Å². The lowest BCUT2D eigenvalue weighted by Gasteiger charge is -2.34. The molecule has 0 spiro atoms.